The summed E-state index contributed by atoms with van der Waals surface area (Å²) in [6.45, 7) is 0.675. The minimum Gasteiger partial charge on any atom is -0.474 e. The van der Waals surface area contributed by atoms with Crippen molar-refractivity contribution in [3.8, 4) is 17.3 Å². The molecule has 3 aromatic rings. The van der Waals surface area contributed by atoms with E-state index in [1.165, 1.54) is 25.6 Å². The summed E-state index contributed by atoms with van der Waals surface area (Å²) >= 11 is 6.13. The summed E-state index contributed by atoms with van der Waals surface area (Å²) in [5.74, 6) is 0.341. The third kappa shape index (κ3) is 4.29. The number of ether oxygens (including phenoxy) is 3. The smallest absolute Gasteiger partial charge is 0.308 e. The van der Waals surface area contributed by atoms with Crippen LogP contribution in [0.25, 0.3) is 22.4 Å². The van der Waals surface area contributed by atoms with Gasteiger partial charge in [0.05, 0.1) is 48.5 Å². The number of hydrogen-bond donors (Lipinski definition) is 0. The van der Waals surface area contributed by atoms with Crippen molar-refractivity contribution < 1.29 is 23.4 Å². The van der Waals surface area contributed by atoms with E-state index in [0.717, 1.165) is 0 Å². The zero-order chi connectivity index (χ0) is 21.1. The molecular weight excluding hydrogens is 412 g/mol. The van der Waals surface area contributed by atoms with Gasteiger partial charge in [-0.1, -0.05) is 17.7 Å². The van der Waals surface area contributed by atoms with Crippen molar-refractivity contribution in [2.75, 3.05) is 20.3 Å². The van der Waals surface area contributed by atoms with Gasteiger partial charge in [-0.2, -0.15) is 0 Å². The highest BCUT2D eigenvalue weighted by molar-refractivity contribution is 6.34. The zero-order valence-corrected chi connectivity index (χ0v) is 16.9. The van der Waals surface area contributed by atoms with Crippen molar-refractivity contribution in [3.63, 3.8) is 0 Å². The minimum absolute atomic E-state index is 0.0498. The van der Waals surface area contributed by atoms with Crippen LogP contribution >= 0.6 is 11.6 Å². The van der Waals surface area contributed by atoms with Gasteiger partial charge in [-0.15, -0.1) is 0 Å². The fraction of sp³-hybridized carbons (Fsp3) is 0.333. The number of benzene rings is 1. The fourth-order valence-corrected chi connectivity index (χ4v) is 3.42. The monoisotopic (exact) mass is 430 g/mol. The van der Waals surface area contributed by atoms with E-state index in [1.54, 1.807) is 18.2 Å². The standard InChI is InChI=1S/C21H19ClN2O6/c1-27-21(26)12-7-13(8-12)28-5-6-29-19-11-23-16(10-24-19)18-9-17(25)14-3-2-4-15(22)20(14)30-18/h2-4,9-13H,5-8H2,1H3/t12-,13+. The van der Waals surface area contributed by atoms with Gasteiger partial charge in [-0.3, -0.25) is 9.59 Å². The molecule has 1 fully saturated rings. The summed E-state index contributed by atoms with van der Waals surface area (Å²) in [5, 5.41) is 0.757. The van der Waals surface area contributed by atoms with Crippen molar-refractivity contribution >= 4 is 28.5 Å². The highest BCUT2D eigenvalue weighted by Gasteiger charge is 2.35. The average molecular weight is 431 g/mol. The van der Waals surface area contributed by atoms with Gasteiger partial charge in [0, 0.05) is 6.07 Å². The summed E-state index contributed by atoms with van der Waals surface area (Å²) in [5.41, 5.74) is 0.491. The summed E-state index contributed by atoms with van der Waals surface area (Å²) in [6.07, 6.45) is 4.30. The van der Waals surface area contributed by atoms with Crippen molar-refractivity contribution in [2.24, 2.45) is 5.92 Å². The Morgan fingerprint density at radius 3 is 2.80 bits per heavy atom. The molecule has 8 nitrogen and oxygen atoms in total. The van der Waals surface area contributed by atoms with Crippen LogP contribution in [0.3, 0.4) is 0 Å². The molecule has 0 saturated heterocycles. The van der Waals surface area contributed by atoms with Gasteiger partial charge in [0.2, 0.25) is 5.88 Å². The first-order valence-electron chi connectivity index (χ1n) is 9.42. The molecule has 0 spiro atoms. The van der Waals surface area contributed by atoms with Gasteiger partial charge >= 0.3 is 5.97 Å². The van der Waals surface area contributed by atoms with Crippen molar-refractivity contribution in [1.82, 2.24) is 9.97 Å². The second-order valence-electron chi connectivity index (χ2n) is 6.86. The molecule has 9 heteroatoms. The molecule has 1 saturated carbocycles. The third-order valence-electron chi connectivity index (χ3n) is 4.90. The highest BCUT2D eigenvalue weighted by atomic mass is 35.5. The number of halogens is 1. The van der Waals surface area contributed by atoms with Crippen LogP contribution in [0.2, 0.25) is 5.02 Å². The molecule has 0 atom stereocenters. The van der Waals surface area contributed by atoms with Gasteiger partial charge in [0.1, 0.15) is 12.3 Å². The summed E-state index contributed by atoms with van der Waals surface area (Å²) in [7, 11) is 1.39. The lowest BCUT2D eigenvalue weighted by Crippen LogP contribution is -2.37. The number of rotatable bonds is 7. The topological polar surface area (TPSA) is 101 Å². The Hall–Kier alpha value is -2.97. The van der Waals surface area contributed by atoms with Crippen molar-refractivity contribution in [2.45, 2.75) is 18.9 Å². The molecule has 1 aromatic carbocycles. The SMILES string of the molecule is COC(=O)[C@H]1C[C@@H](OCCOc2cnc(-c3cc(=O)c4cccc(Cl)c4o3)cn2)C1. The molecule has 0 amide bonds. The van der Waals surface area contributed by atoms with E-state index >= 15 is 0 Å². The molecule has 0 radical (unpaired) electrons. The van der Waals surface area contributed by atoms with Crippen LogP contribution in [0, 0.1) is 5.92 Å². The summed E-state index contributed by atoms with van der Waals surface area (Å²) in [4.78, 5) is 32.1. The van der Waals surface area contributed by atoms with Gasteiger partial charge in [0.15, 0.2) is 16.8 Å². The van der Waals surface area contributed by atoms with E-state index in [-0.39, 0.29) is 29.2 Å². The lowest BCUT2D eigenvalue weighted by molar-refractivity contribution is -0.155. The molecule has 0 N–H and O–H groups in total. The Balaban J connectivity index is 1.32. The van der Waals surface area contributed by atoms with E-state index in [4.69, 9.17) is 30.2 Å². The lowest BCUT2D eigenvalue weighted by atomic mass is 9.82. The van der Waals surface area contributed by atoms with E-state index in [1.807, 2.05) is 0 Å². The number of fused-ring (bicyclic) bond motifs is 1. The van der Waals surface area contributed by atoms with Crippen LogP contribution in [-0.4, -0.2) is 42.4 Å². The van der Waals surface area contributed by atoms with Crippen molar-refractivity contribution in [3.05, 3.63) is 51.9 Å². The van der Waals surface area contributed by atoms with Crippen LogP contribution in [0.5, 0.6) is 5.88 Å². The van der Waals surface area contributed by atoms with E-state index < -0.39 is 0 Å². The molecule has 30 heavy (non-hydrogen) atoms. The Kier molecular flexibility index (Phi) is 5.96. The third-order valence-corrected chi connectivity index (χ3v) is 5.20. The normalized spacial score (nSPS) is 18.1. The van der Waals surface area contributed by atoms with Crippen LogP contribution in [0.1, 0.15) is 12.8 Å². The number of carbonyl (C=O) groups excluding carboxylic acids is 1. The van der Waals surface area contributed by atoms with Crippen LogP contribution in [-0.2, 0) is 14.3 Å². The lowest BCUT2D eigenvalue weighted by Gasteiger charge is -2.32. The number of para-hydroxylation sites is 1. The predicted octanol–water partition coefficient (Wildman–Crippen LogP) is 3.25. The van der Waals surface area contributed by atoms with Crippen LogP contribution in [0.15, 0.2) is 45.9 Å². The zero-order valence-electron chi connectivity index (χ0n) is 16.2. The number of hydrogen-bond acceptors (Lipinski definition) is 8. The van der Waals surface area contributed by atoms with Gasteiger partial charge < -0.3 is 18.6 Å². The maximum atomic E-state index is 12.3. The summed E-state index contributed by atoms with van der Waals surface area (Å²) < 4.78 is 21.6. The molecular formula is C21H19ClN2O6. The molecule has 4 rings (SSSR count). The maximum Gasteiger partial charge on any atom is 0.308 e. The van der Waals surface area contributed by atoms with E-state index in [0.29, 0.717) is 53.6 Å². The molecule has 2 aromatic heterocycles. The fourth-order valence-electron chi connectivity index (χ4n) is 3.21. The number of carbonyl (C=O) groups is 1. The van der Waals surface area contributed by atoms with Crippen LogP contribution < -0.4 is 10.2 Å². The Bertz CT molecular complexity index is 1110. The number of methoxy groups -OCH3 is 1. The van der Waals surface area contributed by atoms with Crippen molar-refractivity contribution in [1.29, 1.82) is 0 Å². The van der Waals surface area contributed by atoms with Gasteiger partial charge in [-0.25, -0.2) is 9.97 Å². The largest absolute Gasteiger partial charge is 0.474 e. The first-order chi connectivity index (χ1) is 14.5. The predicted molar refractivity (Wildman–Crippen MR) is 108 cm³/mol. The summed E-state index contributed by atoms with van der Waals surface area (Å²) in [6, 6.07) is 6.36. The number of nitrogens with zero attached hydrogens (tertiary/aromatic N) is 2. The Labute approximate surface area is 176 Å². The number of esters is 1. The maximum absolute atomic E-state index is 12.3. The first kappa shape index (κ1) is 20.3. The van der Waals surface area contributed by atoms with E-state index in [2.05, 4.69) is 9.97 Å². The molecule has 0 unspecified atom stereocenters. The molecule has 1 aliphatic rings. The second kappa shape index (κ2) is 8.81. The quantitative estimate of drug-likeness (QED) is 0.416. The molecule has 156 valence electrons. The van der Waals surface area contributed by atoms with E-state index in [9.17, 15) is 9.59 Å². The molecule has 0 aliphatic heterocycles. The molecule has 1 aliphatic carbocycles. The minimum atomic E-state index is -0.210. The van der Waals surface area contributed by atoms with Crippen LogP contribution in [0.4, 0.5) is 0 Å². The average Bonchev–Trinajstić information content (AvgIpc) is 2.73. The Morgan fingerprint density at radius 2 is 2.07 bits per heavy atom. The Morgan fingerprint density at radius 1 is 1.23 bits per heavy atom. The van der Waals surface area contributed by atoms with Gasteiger partial charge in [-0.05, 0) is 25.0 Å². The number of aromatic nitrogens is 2. The first-order valence-corrected chi connectivity index (χ1v) is 9.80. The van der Waals surface area contributed by atoms with Gasteiger partial charge in [0.25, 0.3) is 0 Å². The molecule has 2 heterocycles. The molecule has 0 bridgehead atoms. The highest BCUT2D eigenvalue weighted by Crippen LogP contribution is 2.31. The second-order valence-corrected chi connectivity index (χ2v) is 7.27.